The Kier molecular flexibility index (Phi) is 4.67. The van der Waals surface area contributed by atoms with Crippen LogP contribution in [0.1, 0.15) is 19.8 Å². The van der Waals surface area contributed by atoms with Crippen molar-refractivity contribution < 1.29 is 15.3 Å². The average molecular weight is 134 g/mol. The zero-order chi connectivity index (χ0) is 7.28. The molecule has 0 heterocycles. The summed E-state index contributed by atoms with van der Waals surface area (Å²) in [4.78, 5) is 0. The Morgan fingerprint density at radius 1 is 1.22 bits per heavy atom. The lowest BCUT2D eigenvalue weighted by Crippen LogP contribution is -2.19. The van der Waals surface area contributed by atoms with Gasteiger partial charge in [-0.2, -0.15) is 0 Å². The predicted octanol–water partition coefficient (Wildman–Crippen LogP) is -0.499. The number of hydrogen-bond acceptors (Lipinski definition) is 3. The molecule has 0 fully saturated rings. The molecule has 0 saturated carbocycles. The molecule has 3 N–H and O–H groups in total. The van der Waals surface area contributed by atoms with Gasteiger partial charge in [0.1, 0.15) is 0 Å². The van der Waals surface area contributed by atoms with Gasteiger partial charge < -0.3 is 15.3 Å². The summed E-state index contributed by atoms with van der Waals surface area (Å²) in [6, 6.07) is 0. The maximum Gasteiger partial charge on any atom is 0.0795 e. The van der Waals surface area contributed by atoms with Crippen molar-refractivity contribution in [3.8, 4) is 0 Å². The van der Waals surface area contributed by atoms with E-state index in [9.17, 15) is 0 Å². The summed E-state index contributed by atoms with van der Waals surface area (Å²) < 4.78 is 0. The fourth-order valence-electron chi connectivity index (χ4n) is 0.555. The molecule has 0 aromatic rings. The second-order valence-electron chi connectivity index (χ2n) is 2.13. The van der Waals surface area contributed by atoms with Gasteiger partial charge in [0, 0.05) is 6.42 Å². The first-order chi connectivity index (χ1) is 4.20. The number of aliphatic hydroxyl groups is 3. The molecule has 0 aromatic carbocycles. The molecule has 2 atom stereocenters. The minimum atomic E-state index is -0.764. The van der Waals surface area contributed by atoms with Gasteiger partial charge in [-0.1, -0.05) is 6.92 Å². The molecular formula is C6H14O3. The van der Waals surface area contributed by atoms with E-state index in [1.807, 2.05) is 6.92 Å². The Labute approximate surface area is 54.9 Å². The predicted molar refractivity (Wildman–Crippen MR) is 34.0 cm³/mol. The minimum absolute atomic E-state index is 0.267. The third-order valence-corrected chi connectivity index (χ3v) is 1.23. The minimum Gasteiger partial charge on any atom is -0.394 e. The Hall–Kier alpha value is -0.120. The van der Waals surface area contributed by atoms with Crippen molar-refractivity contribution in [2.75, 3.05) is 6.61 Å². The topological polar surface area (TPSA) is 60.7 Å². The lowest BCUT2D eigenvalue weighted by Gasteiger charge is -2.10. The third-order valence-electron chi connectivity index (χ3n) is 1.23. The van der Waals surface area contributed by atoms with Crippen LogP contribution in [0.2, 0.25) is 0 Å². The number of rotatable bonds is 4. The highest BCUT2D eigenvalue weighted by Gasteiger charge is 2.07. The van der Waals surface area contributed by atoms with E-state index in [0.717, 1.165) is 0 Å². The number of aliphatic hydroxyl groups excluding tert-OH is 3. The van der Waals surface area contributed by atoms with Crippen LogP contribution in [-0.4, -0.2) is 34.1 Å². The molecule has 0 aliphatic carbocycles. The summed E-state index contributed by atoms with van der Waals surface area (Å²) in [6.07, 6.45) is -0.351. The molecule has 0 saturated heterocycles. The zero-order valence-electron chi connectivity index (χ0n) is 5.62. The van der Waals surface area contributed by atoms with Gasteiger partial charge in [0.05, 0.1) is 18.8 Å². The van der Waals surface area contributed by atoms with Crippen LogP contribution in [0.5, 0.6) is 0 Å². The van der Waals surface area contributed by atoms with Crippen molar-refractivity contribution in [2.24, 2.45) is 0 Å². The first-order valence-corrected chi connectivity index (χ1v) is 3.17. The first-order valence-electron chi connectivity index (χ1n) is 3.17. The smallest absolute Gasteiger partial charge is 0.0795 e. The molecule has 0 aliphatic rings. The maximum absolute atomic E-state index is 8.89. The van der Waals surface area contributed by atoms with Crippen LogP contribution in [0.25, 0.3) is 0 Å². The highest BCUT2D eigenvalue weighted by atomic mass is 16.3. The summed E-state index contributed by atoms with van der Waals surface area (Å²) in [7, 11) is 0. The molecular weight excluding hydrogens is 120 g/mol. The van der Waals surface area contributed by atoms with E-state index in [-0.39, 0.29) is 13.0 Å². The molecule has 0 aromatic heterocycles. The van der Waals surface area contributed by atoms with Gasteiger partial charge in [0.2, 0.25) is 0 Å². The molecule has 0 amide bonds. The quantitative estimate of drug-likeness (QED) is 0.486. The first kappa shape index (κ1) is 8.88. The van der Waals surface area contributed by atoms with Gasteiger partial charge in [-0.15, -0.1) is 0 Å². The normalized spacial score (nSPS) is 17.3. The van der Waals surface area contributed by atoms with Gasteiger partial charge >= 0.3 is 0 Å². The molecule has 0 bridgehead atoms. The standard InChI is InChI=1S/C6H14O3/c1-2-5(8)3-6(9)4-7/h5-9H,2-4H2,1H3/t5-,6-/m0/s1. The average Bonchev–Trinajstić information content (AvgIpc) is 1.87. The highest BCUT2D eigenvalue weighted by Crippen LogP contribution is 2.00. The van der Waals surface area contributed by atoms with Crippen LogP contribution in [0.3, 0.4) is 0 Å². The molecule has 3 nitrogen and oxygen atoms in total. The van der Waals surface area contributed by atoms with Crippen LogP contribution in [-0.2, 0) is 0 Å². The van der Waals surface area contributed by atoms with Crippen LogP contribution in [0.4, 0.5) is 0 Å². The fraction of sp³-hybridized carbons (Fsp3) is 1.00. The van der Waals surface area contributed by atoms with E-state index in [1.165, 1.54) is 0 Å². The van der Waals surface area contributed by atoms with Crippen LogP contribution >= 0.6 is 0 Å². The largest absolute Gasteiger partial charge is 0.394 e. The Morgan fingerprint density at radius 3 is 2.11 bits per heavy atom. The van der Waals surface area contributed by atoms with Crippen molar-refractivity contribution in [3.63, 3.8) is 0 Å². The maximum atomic E-state index is 8.89. The molecule has 0 rings (SSSR count). The third kappa shape index (κ3) is 4.39. The summed E-state index contributed by atoms with van der Waals surface area (Å²) in [5, 5.41) is 26.0. The second-order valence-corrected chi connectivity index (χ2v) is 2.13. The van der Waals surface area contributed by atoms with Gasteiger partial charge in [0.25, 0.3) is 0 Å². The Balaban J connectivity index is 3.22. The van der Waals surface area contributed by atoms with E-state index in [0.29, 0.717) is 6.42 Å². The van der Waals surface area contributed by atoms with Crippen LogP contribution < -0.4 is 0 Å². The van der Waals surface area contributed by atoms with Crippen molar-refractivity contribution in [1.29, 1.82) is 0 Å². The highest BCUT2D eigenvalue weighted by molar-refractivity contribution is 4.59. The van der Waals surface area contributed by atoms with E-state index >= 15 is 0 Å². The van der Waals surface area contributed by atoms with E-state index in [2.05, 4.69) is 0 Å². The van der Waals surface area contributed by atoms with E-state index in [1.54, 1.807) is 0 Å². The van der Waals surface area contributed by atoms with E-state index in [4.69, 9.17) is 15.3 Å². The molecule has 9 heavy (non-hydrogen) atoms. The molecule has 0 spiro atoms. The van der Waals surface area contributed by atoms with E-state index < -0.39 is 12.2 Å². The lowest BCUT2D eigenvalue weighted by molar-refractivity contribution is 0.0406. The molecule has 56 valence electrons. The molecule has 0 aliphatic heterocycles. The molecule has 0 unspecified atom stereocenters. The Morgan fingerprint density at radius 2 is 1.78 bits per heavy atom. The molecule has 3 heteroatoms. The van der Waals surface area contributed by atoms with Crippen molar-refractivity contribution in [3.05, 3.63) is 0 Å². The fourth-order valence-corrected chi connectivity index (χ4v) is 0.555. The summed E-state index contributed by atoms with van der Waals surface area (Å²) in [6.45, 7) is 1.56. The second kappa shape index (κ2) is 4.73. The van der Waals surface area contributed by atoms with Crippen molar-refractivity contribution >= 4 is 0 Å². The SMILES string of the molecule is CC[C@H](O)C[C@H](O)CO. The van der Waals surface area contributed by atoms with Crippen LogP contribution in [0.15, 0.2) is 0 Å². The van der Waals surface area contributed by atoms with Gasteiger partial charge in [0.15, 0.2) is 0 Å². The van der Waals surface area contributed by atoms with Crippen LogP contribution in [0, 0.1) is 0 Å². The van der Waals surface area contributed by atoms with Crippen molar-refractivity contribution in [1.82, 2.24) is 0 Å². The summed E-state index contributed by atoms with van der Waals surface area (Å²) in [5.74, 6) is 0. The van der Waals surface area contributed by atoms with Gasteiger partial charge in [-0.3, -0.25) is 0 Å². The van der Waals surface area contributed by atoms with Crippen molar-refractivity contribution in [2.45, 2.75) is 32.0 Å². The van der Waals surface area contributed by atoms with Gasteiger partial charge in [-0.05, 0) is 6.42 Å². The number of hydrogen-bond donors (Lipinski definition) is 3. The monoisotopic (exact) mass is 134 g/mol. The van der Waals surface area contributed by atoms with Gasteiger partial charge in [-0.25, -0.2) is 0 Å². The lowest BCUT2D eigenvalue weighted by atomic mass is 10.1. The summed E-state index contributed by atoms with van der Waals surface area (Å²) in [5.41, 5.74) is 0. The Bertz CT molecular complexity index is 57.3. The molecule has 0 radical (unpaired) electrons. The summed E-state index contributed by atoms with van der Waals surface area (Å²) >= 11 is 0. The zero-order valence-corrected chi connectivity index (χ0v) is 5.62.